The van der Waals surface area contributed by atoms with Crippen molar-refractivity contribution in [3.63, 3.8) is 0 Å². The van der Waals surface area contributed by atoms with Crippen LogP contribution in [0.3, 0.4) is 0 Å². The second-order valence-electron chi connectivity index (χ2n) is 4.49. The number of methoxy groups -OCH3 is 1. The van der Waals surface area contributed by atoms with Crippen molar-refractivity contribution in [2.24, 2.45) is 0 Å². The third kappa shape index (κ3) is 6.23. The summed E-state index contributed by atoms with van der Waals surface area (Å²) in [6, 6.07) is 5.64. The largest absolute Gasteiger partial charge is 0.493 e. The van der Waals surface area contributed by atoms with Crippen molar-refractivity contribution >= 4 is 18.3 Å². The minimum absolute atomic E-state index is 0. The molecule has 0 saturated carbocycles. The molecular formula is C15H25ClN2O3. The fourth-order valence-corrected chi connectivity index (χ4v) is 1.86. The Kier molecular flexibility index (Phi) is 9.58. The normalized spacial score (nSPS) is 11.2. The van der Waals surface area contributed by atoms with E-state index in [4.69, 9.17) is 9.47 Å². The van der Waals surface area contributed by atoms with E-state index in [-0.39, 0.29) is 24.4 Å². The van der Waals surface area contributed by atoms with Gasteiger partial charge in [-0.15, -0.1) is 12.4 Å². The Balaban J connectivity index is 0.00000400. The molecule has 0 aromatic heterocycles. The third-order valence-electron chi connectivity index (χ3n) is 2.97. The van der Waals surface area contributed by atoms with Crippen LogP contribution in [0.4, 0.5) is 0 Å². The Morgan fingerprint density at radius 1 is 1.33 bits per heavy atom. The molecule has 2 N–H and O–H groups in total. The zero-order valence-corrected chi connectivity index (χ0v) is 13.9. The van der Waals surface area contributed by atoms with Crippen LogP contribution in [0.15, 0.2) is 18.2 Å². The molecule has 21 heavy (non-hydrogen) atoms. The van der Waals surface area contributed by atoms with Gasteiger partial charge in [-0.3, -0.25) is 4.79 Å². The zero-order chi connectivity index (χ0) is 15.0. The van der Waals surface area contributed by atoms with Gasteiger partial charge in [-0.05, 0) is 38.6 Å². The fourth-order valence-electron chi connectivity index (χ4n) is 1.86. The molecule has 0 heterocycles. The molecule has 6 heteroatoms. The van der Waals surface area contributed by atoms with Crippen LogP contribution in [0.1, 0.15) is 31.9 Å². The van der Waals surface area contributed by atoms with E-state index in [1.807, 2.05) is 39.1 Å². The third-order valence-corrected chi connectivity index (χ3v) is 2.97. The van der Waals surface area contributed by atoms with Crippen LogP contribution < -0.4 is 20.1 Å². The molecule has 0 aliphatic heterocycles. The Bertz CT molecular complexity index is 441. The molecule has 1 amide bonds. The molecule has 1 aromatic carbocycles. The molecular weight excluding hydrogens is 292 g/mol. The summed E-state index contributed by atoms with van der Waals surface area (Å²) in [7, 11) is 3.44. The van der Waals surface area contributed by atoms with Gasteiger partial charge in [0.05, 0.1) is 19.8 Å². The van der Waals surface area contributed by atoms with Crippen molar-refractivity contribution < 1.29 is 14.3 Å². The smallest absolute Gasteiger partial charge is 0.221 e. The first kappa shape index (κ1) is 19.5. The summed E-state index contributed by atoms with van der Waals surface area (Å²) in [4.78, 5) is 11.7. The van der Waals surface area contributed by atoms with Gasteiger partial charge in [-0.1, -0.05) is 6.07 Å². The first-order chi connectivity index (χ1) is 9.62. The standard InChI is InChI=1S/C15H24N2O3.ClH/c1-5-20-13-7-6-12(10-14(13)19-4)11(2)17-15(18)8-9-16-3;/h6-7,10-11,16H,5,8-9H2,1-4H3,(H,17,18);1H. The summed E-state index contributed by atoms with van der Waals surface area (Å²) in [5, 5.41) is 5.91. The Morgan fingerprint density at radius 3 is 2.62 bits per heavy atom. The van der Waals surface area contributed by atoms with E-state index in [2.05, 4.69) is 10.6 Å². The van der Waals surface area contributed by atoms with Crippen molar-refractivity contribution in [2.45, 2.75) is 26.3 Å². The van der Waals surface area contributed by atoms with E-state index >= 15 is 0 Å². The van der Waals surface area contributed by atoms with Gasteiger partial charge in [0.25, 0.3) is 0 Å². The minimum Gasteiger partial charge on any atom is -0.493 e. The molecule has 0 radical (unpaired) electrons. The lowest BCUT2D eigenvalue weighted by Gasteiger charge is -2.17. The molecule has 0 bridgehead atoms. The Labute approximate surface area is 132 Å². The van der Waals surface area contributed by atoms with Crippen molar-refractivity contribution in [3.05, 3.63) is 23.8 Å². The van der Waals surface area contributed by atoms with Crippen molar-refractivity contribution in [1.82, 2.24) is 10.6 Å². The van der Waals surface area contributed by atoms with Crippen molar-refractivity contribution in [2.75, 3.05) is 27.3 Å². The van der Waals surface area contributed by atoms with Crippen molar-refractivity contribution in [1.29, 1.82) is 0 Å². The summed E-state index contributed by atoms with van der Waals surface area (Å²) >= 11 is 0. The fraction of sp³-hybridized carbons (Fsp3) is 0.533. The van der Waals surface area contributed by atoms with Crippen LogP contribution >= 0.6 is 12.4 Å². The first-order valence-corrected chi connectivity index (χ1v) is 6.87. The topological polar surface area (TPSA) is 59.6 Å². The lowest BCUT2D eigenvalue weighted by atomic mass is 10.1. The second kappa shape index (κ2) is 10.3. The first-order valence-electron chi connectivity index (χ1n) is 6.87. The SMILES string of the molecule is CCOc1ccc(C(C)NC(=O)CCNC)cc1OC.Cl. The minimum atomic E-state index is -0.0658. The molecule has 0 spiro atoms. The van der Waals surface area contributed by atoms with E-state index in [0.717, 1.165) is 5.56 Å². The molecule has 0 fully saturated rings. The highest BCUT2D eigenvalue weighted by molar-refractivity contribution is 5.85. The van der Waals surface area contributed by atoms with Crippen LogP contribution in [0.25, 0.3) is 0 Å². The van der Waals surface area contributed by atoms with Crippen LogP contribution in [-0.2, 0) is 4.79 Å². The number of carbonyl (C=O) groups is 1. The van der Waals surface area contributed by atoms with Crippen LogP contribution in [0.5, 0.6) is 11.5 Å². The number of nitrogens with one attached hydrogen (secondary N) is 2. The molecule has 0 aliphatic carbocycles. The van der Waals surface area contributed by atoms with Gasteiger partial charge in [0, 0.05) is 13.0 Å². The predicted octanol–water partition coefficient (Wildman–Crippen LogP) is 2.30. The average molecular weight is 317 g/mol. The number of ether oxygens (including phenoxy) is 2. The van der Waals surface area contributed by atoms with E-state index in [0.29, 0.717) is 31.1 Å². The molecule has 0 saturated heterocycles. The molecule has 1 aromatic rings. The average Bonchev–Trinajstić information content (AvgIpc) is 2.45. The molecule has 1 atom stereocenters. The number of hydrogen-bond acceptors (Lipinski definition) is 4. The lowest BCUT2D eigenvalue weighted by molar-refractivity contribution is -0.121. The Morgan fingerprint density at radius 2 is 2.05 bits per heavy atom. The zero-order valence-electron chi connectivity index (χ0n) is 13.1. The summed E-state index contributed by atoms with van der Waals surface area (Å²) < 4.78 is 10.8. The maximum Gasteiger partial charge on any atom is 0.221 e. The van der Waals surface area contributed by atoms with Crippen molar-refractivity contribution in [3.8, 4) is 11.5 Å². The Hall–Kier alpha value is -1.46. The number of halogens is 1. The predicted molar refractivity (Wildman–Crippen MR) is 86.5 cm³/mol. The molecule has 1 rings (SSSR count). The number of hydrogen-bond donors (Lipinski definition) is 2. The van der Waals surface area contributed by atoms with E-state index in [1.165, 1.54) is 0 Å². The number of benzene rings is 1. The monoisotopic (exact) mass is 316 g/mol. The summed E-state index contributed by atoms with van der Waals surface area (Å²) in [6.07, 6.45) is 0.467. The molecule has 0 aliphatic rings. The summed E-state index contributed by atoms with van der Waals surface area (Å²) in [5.41, 5.74) is 0.989. The molecule has 1 unspecified atom stereocenters. The molecule has 5 nitrogen and oxygen atoms in total. The highest BCUT2D eigenvalue weighted by Gasteiger charge is 2.12. The van der Waals surface area contributed by atoms with Gasteiger partial charge in [0.1, 0.15) is 0 Å². The highest BCUT2D eigenvalue weighted by Crippen LogP contribution is 2.30. The van der Waals surface area contributed by atoms with E-state index < -0.39 is 0 Å². The second-order valence-corrected chi connectivity index (χ2v) is 4.49. The van der Waals surface area contributed by atoms with E-state index in [9.17, 15) is 4.79 Å². The van der Waals surface area contributed by atoms with E-state index in [1.54, 1.807) is 7.11 Å². The maximum atomic E-state index is 11.7. The number of amides is 1. The number of rotatable bonds is 8. The van der Waals surface area contributed by atoms with Crippen LogP contribution in [0, 0.1) is 0 Å². The van der Waals surface area contributed by atoms with Gasteiger partial charge in [0.2, 0.25) is 5.91 Å². The summed E-state index contributed by atoms with van der Waals surface area (Å²) in [6.45, 7) is 5.14. The van der Waals surface area contributed by atoms with Crippen LogP contribution in [0.2, 0.25) is 0 Å². The van der Waals surface area contributed by atoms with Gasteiger partial charge >= 0.3 is 0 Å². The lowest BCUT2D eigenvalue weighted by Crippen LogP contribution is -2.29. The van der Waals surface area contributed by atoms with Gasteiger partial charge < -0.3 is 20.1 Å². The molecule has 120 valence electrons. The van der Waals surface area contributed by atoms with Gasteiger partial charge in [-0.2, -0.15) is 0 Å². The maximum absolute atomic E-state index is 11.7. The number of carbonyl (C=O) groups excluding carboxylic acids is 1. The van der Waals surface area contributed by atoms with Gasteiger partial charge in [0.15, 0.2) is 11.5 Å². The highest BCUT2D eigenvalue weighted by atomic mass is 35.5. The summed E-state index contributed by atoms with van der Waals surface area (Å²) in [5.74, 6) is 1.42. The van der Waals surface area contributed by atoms with Crippen LogP contribution in [-0.4, -0.2) is 33.2 Å². The quantitative estimate of drug-likeness (QED) is 0.772. The van der Waals surface area contributed by atoms with Gasteiger partial charge in [-0.25, -0.2) is 0 Å².